The molecule has 1 atom stereocenters. The van der Waals surface area contributed by atoms with Crippen LogP contribution in [0.1, 0.15) is 12.0 Å². The topological polar surface area (TPSA) is 90.1 Å². The monoisotopic (exact) mass is 326 g/mol. The molecule has 0 radical (unpaired) electrons. The van der Waals surface area contributed by atoms with Gasteiger partial charge in [0.05, 0.1) is 23.7 Å². The standard InChI is InChI=1S/C15H12F2N4O2.Li.H/c16-15(17)5-10(14(22)23)7-21(8-15)11-2-1-9(6-18)12-13(11)20-4-3-19-12;;/h1-4,10H,5,7-8H2,(H,22,23);;. The van der Waals surface area contributed by atoms with Gasteiger partial charge in [-0.1, -0.05) is 0 Å². The average Bonchev–Trinajstić information content (AvgIpc) is 2.52. The summed E-state index contributed by atoms with van der Waals surface area (Å²) in [6, 6.07) is 4.97. The molecule has 1 fully saturated rings. The van der Waals surface area contributed by atoms with Crippen molar-refractivity contribution in [2.45, 2.75) is 12.3 Å². The fraction of sp³-hybridized carbons (Fsp3) is 0.333. The van der Waals surface area contributed by atoms with Crippen LogP contribution < -0.4 is 4.90 Å². The Kier molecular flexibility index (Phi) is 5.07. The molecule has 0 spiro atoms. The predicted octanol–water partition coefficient (Wildman–Crippen LogP) is 1.40. The van der Waals surface area contributed by atoms with Crippen LogP contribution in [0.15, 0.2) is 24.5 Å². The number of carboxylic acids is 1. The summed E-state index contributed by atoms with van der Waals surface area (Å²) in [4.78, 5) is 20.7. The Bertz CT molecular complexity index is 825. The van der Waals surface area contributed by atoms with Gasteiger partial charge >= 0.3 is 24.8 Å². The summed E-state index contributed by atoms with van der Waals surface area (Å²) in [5, 5.41) is 18.2. The summed E-state index contributed by atoms with van der Waals surface area (Å²) in [7, 11) is 0. The Morgan fingerprint density at radius 3 is 2.62 bits per heavy atom. The van der Waals surface area contributed by atoms with Gasteiger partial charge in [0, 0.05) is 25.4 Å². The Morgan fingerprint density at radius 1 is 1.33 bits per heavy atom. The molecule has 0 aliphatic carbocycles. The fourth-order valence-corrected chi connectivity index (χ4v) is 2.84. The SMILES string of the molecule is N#Cc1ccc(N2CC(C(=O)O)CC(F)(F)C2)c2nccnc12.[LiH]. The third-order valence-electron chi connectivity index (χ3n) is 3.82. The van der Waals surface area contributed by atoms with E-state index in [1.165, 1.54) is 29.4 Å². The van der Waals surface area contributed by atoms with Crippen LogP contribution in [0.3, 0.4) is 0 Å². The van der Waals surface area contributed by atoms with Crippen molar-refractivity contribution >= 4 is 41.6 Å². The minimum atomic E-state index is -3.11. The second-order valence-electron chi connectivity index (χ2n) is 5.47. The van der Waals surface area contributed by atoms with E-state index >= 15 is 0 Å². The average molecular weight is 326 g/mol. The number of hydrogen-bond donors (Lipinski definition) is 1. The Morgan fingerprint density at radius 2 is 2.00 bits per heavy atom. The number of anilines is 1. The second kappa shape index (κ2) is 6.72. The number of nitrogens with zero attached hydrogens (tertiary/aromatic N) is 4. The number of nitriles is 1. The van der Waals surface area contributed by atoms with Gasteiger partial charge in [-0.3, -0.25) is 14.8 Å². The molecule has 1 saturated heterocycles. The summed E-state index contributed by atoms with van der Waals surface area (Å²) < 4.78 is 27.8. The van der Waals surface area contributed by atoms with Crippen LogP contribution in [-0.4, -0.2) is 58.9 Å². The summed E-state index contributed by atoms with van der Waals surface area (Å²) >= 11 is 0. The van der Waals surface area contributed by atoms with Crippen LogP contribution in [0, 0.1) is 17.2 Å². The van der Waals surface area contributed by atoms with Gasteiger partial charge in [-0.25, -0.2) is 8.78 Å². The van der Waals surface area contributed by atoms with Crippen molar-refractivity contribution in [2.75, 3.05) is 18.0 Å². The number of halogens is 2. The molecule has 2 aromatic rings. The molecule has 0 amide bonds. The minimum absolute atomic E-state index is 0. The van der Waals surface area contributed by atoms with Crippen molar-refractivity contribution < 1.29 is 18.7 Å². The first kappa shape index (κ1) is 18.1. The predicted molar refractivity (Wildman–Crippen MR) is 84.3 cm³/mol. The molecule has 120 valence electrons. The third-order valence-corrected chi connectivity index (χ3v) is 3.82. The first-order chi connectivity index (χ1) is 10.9. The number of aliphatic carboxylic acids is 1. The van der Waals surface area contributed by atoms with Crippen LogP contribution in [0.25, 0.3) is 11.0 Å². The molecule has 24 heavy (non-hydrogen) atoms. The number of fused-ring (bicyclic) bond motifs is 1. The second-order valence-corrected chi connectivity index (χ2v) is 5.47. The van der Waals surface area contributed by atoms with E-state index in [0.29, 0.717) is 16.7 Å². The number of aromatic nitrogens is 2. The Balaban J connectivity index is 0.00000208. The van der Waals surface area contributed by atoms with E-state index in [4.69, 9.17) is 10.4 Å². The van der Waals surface area contributed by atoms with E-state index in [1.807, 2.05) is 6.07 Å². The van der Waals surface area contributed by atoms with Gasteiger partial charge in [-0.2, -0.15) is 5.26 Å². The van der Waals surface area contributed by atoms with Gasteiger partial charge in [0.2, 0.25) is 0 Å². The van der Waals surface area contributed by atoms with Crippen LogP contribution in [0.4, 0.5) is 14.5 Å². The molecule has 0 bridgehead atoms. The van der Waals surface area contributed by atoms with E-state index < -0.39 is 30.8 Å². The molecular weight excluding hydrogens is 313 g/mol. The van der Waals surface area contributed by atoms with Crippen molar-refractivity contribution in [1.29, 1.82) is 5.26 Å². The molecule has 1 unspecified atom stereocenters. The maximum atomic E-state index is 13.9. The molecule has 9 heteroatoms. The summed E-state index contributed by atoms with van der Waals surface area (Å²) in [6.07, 6.45) is 2.14. The quantitative estimate of drug-likeness (QED) is 0.839. The molecule has 2 heterocycles. The molecule has 1 aromatic heterocycles. The maximum absolute atomic E-state index is 13.9. The zero-order chi connectivity index (χ0) is 16.6. The molecule has 6 nitrogen and oxygen atoms in total. The Hall–Kier alpha value is -2.22. The zero-order valence-corrected chi connectivity index (χ0v) is 11.9. The number of alkyl halides is 2. The van der Waals surface area contributed by atoms with E-state index in [-0.39, 0.29) is 31.0 Å². The fourth-order valence-electron chi connectivity index (χ4n) is 2.84. The van der Waals surface area contributed by atoms with Crippen LogP contribution in [0.2, 0.25) is 0 Å². The van der Waals surface area contributed by atoms with Crippen molar-refractivity contribution in [3.8, 4) is 6.07 Å². The van der Waals surface area contributed by atoms with Gasteiger partial charge in [-0.05, 0) is 12.1 Å². The number of hydrogen-bond acceptors (Lipinski definition) is 5. The van der Waals surface area contributed by atoms with E-state index in [1.54, 1.807) is 0 Å². The molecule has 1 aliphatic heterocycles. The van der Waals surface area contributed by atoms with E-state index in [0.717, 1.165) is 0 Å². The van der Waals surface area contributed by atoms with E-state index in [9.17, 15) is 13.6 Å². The van der Waals surface area contributed by atoms with Gasteiger partial charge < -0.3 is 10.0 Å². The van der Waals surface area contributed by atoms with E-state index in [2.05, 4.69) is 9.97 Å². The summed E-state index contributed by atoms with van der Waals surface area (Å²) in [5.74, 6) is -5.52. The Labute approximate surface area is 148 Å². The first-order valence-electron chi connectivity index (χ1n) is 6.91. The number of carbonyl (C=O) groups is 1. The first-order valence-corrected chi connectivity index (χ1v) is 6.91. The van der Waals surface area contributed by atoms with Crippen molar-refractivity contribution in [1.82, 2.24) is 9.97 Å². The number of piperidine rings is 1. The van der Waals surface area contributed by atoms with Crippen LogP contribution in [0.5, 0.6) is 0 Å². The van der Waals surface area contributed by atoms with Gasteiger partial charge in [0.15, 0.2) is 0 Å². The number of benzene rings is 1. The van der Waals surface area contributed by atoms with Gasteiger partial charge in [0.25, 0.3) is 5.92 Å². The molecule has 0 saturated carbocycles. The van der Waals surface area contributed by atoms with Crippen LogP contribution >= 0.6 is 0 Å². The normalized spacial score (nSPS) is 19.4. The zero-order valence-electron chi connectivity index (χ0n) is 11.9. The third kappa shape index (κ3) is 3.33. The molecule has 1 aromatic carbocycles. The molecule has 1 N–H and O–H groups in total. The van der Waals surface area contributed by atoms with Crippen molar-refractivity contribution in [3.05, 3.63) is 30.1 Å². The van der Waals surface area contributed by atoms with Crippen LogP contribution in [-0.2, 0) is 4.79 Å². The number of rotatable bonds is 2. The number of carboxylic acid groups (broad SMARTS) is 1. The van der Waals surface area contributed by atoms with Gasteiger partial charge in [0.1, 0.15) is 17.1 Å². The van der Waals surface area contributed by atoms with Crippen molar-refractivity contribution in [2.24, 2.45) is 5.92 Å². The van der Waals surface area contributed by atoms with Gasteiger partial charge in [-0.15, -0.1) is 0 Å². The molecular formula is C15H13F2LiN4O2. The molecule has 1 aliphatic rings. The van der Waals surface area contributed by atoms with Crippen molar-refractivity contribution in [3.63, 3.8) is 0 Å². The summed E-state index contributed by atoms with van der Waals surface area (Å²) in [5.41, 5.74) is 1.27. The molecule has 3 rings (SSSR count). The summed E-state index contributed by atoms with van der Waals surface area (Å²) in [6.45, 7) is -0.628.